The topological polar surface area (TPSA) is 32.3 Å². The molecule has 3 heteroatoms. The van der Waals surface area contributed by atoms with Gasteiger partial charge in [0.15, 0.2) is 0 Å². The third kappa shape index (κ3) is 4.35. The number of carbonyl (C=O) groups is 1. The number of nitrogens with one attached hydrogen (secondary N) is 1. The lowest BCUT2D eigenvalue weighted by Crippen LogP contribution is -2.45. The van der Waals surface area contributed by atoms with Gasteiger partial charge in [0.1, 0.15) is 0 Å². The first-order valence-electron chi connectivity index (χ1n) is 8.35. The summed E-state index contributed by atoms with van der Waals surface area (Å²) in [5.74, 6) is 0.131. The van der Waals surface area contributed by atoms with Crippen molar-refractivity contribution in [3.8, 4) is 0 Å². The predicted octanol–water partition coefficient (Wildman–Crippen LogP) is 3.32. The Kier molecular flexibility index (Phi) is 4.96. The van der Waals surface area contributed by atoms with Crippen LogP contribution in [0.25, 0.3) is 0 Å². The van der Waals surface area contributed by atoms with Crippen molar-refractivity contribution < 1.29 is 4.79 Å². The molecule has 2 aromatic carbocycles. The zero-order valence-electron chi connectivity index (χ0n) is 13.7. The average molecular weight is 308 g/mol. The molecule has 2 aromatic rings. The van der Waals surface area contributed by atoms with E-state index >= 15 is 0 Å². The summed E-state index contributed by atoms with van der Waals surface area (Å²) >= 11 is 0. The van der Waals surface area contributed by atoms with Crippen LogP contribution < -0.4 is 10.2 Å². The molecule has 1 saturated heterocycles. The Morgan fingerprint density at radius 1 is 1.04 bits per heavy atom. The number of para-hydroxylation sites is 1. The molecule has 0 aliphatic carbocycles. The first-order chi connectivity index (χ1) is 11.2. The van der Waals surface area contributed by atoms with Crippen molar-refractivity contribution in [2.75, 3.05) is 18.0 Å². The lowest BCUT2D eigenvalue weighted by molar-refractivity contribution is -0.121. The maximum atomic E-state index is 12.2. The van der Waals surface area contributed by atoms with Crippen LogP contribution in [-0.2, 0) is 11.2 Å². The highest BCUT2D eigenvalue weighted by Gasteiger charge is 2.20. The van der Waals surface area contributed by atoms with Crippen molar-refractivity contribution >= 4 is 11.6 Å². The van der Waals surface area contributed by atoms with E-state index in [1.807, 2.05) is 18.2 Å². The summed E-state index contributed by atoms with van der Waals surface area (Å²) in [5.41, 5.74) is 3.58. The van der Waals surface area contributed by atoms with Gasteiger partial charge in [0.2, 0.25) is 5.91 Å². The van der Waals surface area contributed by atoms with Crippen LogP contribution in [-0.4, -0.2) is 25.0 Å². The van der Waals surface area contributed by atoms with E-state index in [9.17, 15) is 4.79 Å². The largest absolute Gasteiger partial charge is 0.371 e. The molecule has 1 N–H and O–H groups in total. The number of hydrogen-bond donors (Lipinski definition) is 1. The summed E-state index contributed by atoms with van der Waals surface area (Å²) in [6, 6.07) is 19.0. The smallest absolute Gasteiger partial charge is 0.224 e. The van der Waals surface area contributed by atoms with Gasteiger partial charge in [0, 0.05) is 24.8 Å². The monoisotopic (exact) mass is 308 g/mol. The van der Waals surface area contributed by atoms with E-state index in [1.54, 1.807) is 0 Å². The van der Waals surface area contributed by atoms with Gasteiger partial charge in [-0.2, -0.15) is 0 Å². The van der Waals surface area contributed by atoms with Crippen molar-refractivity contribution in [2.45, 2.75) is 32.2 Å². The van der Waals surface area contributed by atoms with E-state index in [0.29, 0.717) is 12.5 Å². The van der Waals surface area contributed by atoms with Gasteiger partial charge in [-0.3, -0.25) is 4.79 Å². The molecule has 0 spiro atoms. The molecular weight excluding hydrogens is 284 g/mol. The van der Waals surface area contributed by atoms with Gasteiger partial charge in [-0.1, -0.05) is 48.0 Å². The van der Waals surface area contributed by atoms with Crippen molar-refractivity contribution in [1.82, 2.24) is 5.32 Å². The van der Waals surface area contributed by atoms with Gasteiger partial charge in [0.05, 0.1) is 6.42 Å². The lowest BCUT2D eigenvalue weighted by atomic mass is 10.0. The normalized spacial score (nSPS) is 15.4. The summed E-state index contributed by atoms with van der Waals surface area (Å²) in [6.45, 7) is 4.06. The quantitative estimate of drug-likeness (QED) is 0.939. The molecule has 3 nitrogen and oxygen atoms in total. The SMILES string of the molecule is Cc1ccc(CC(=O)NC2CCN(c3ccccc3)CC2)cc1. The Hall–Kier alpha value is -2.29. The Morgan fingerprint density at radius 3 is 2.35 bits per heavy atom. The molecule has 0 bridgehead atoms. The highest BCUT2D eigenvalue weighted by atomic mass is 16.1. The predicted molar refractivity (Wildman–Crippen MR) is 94.7 cm³/mol. The first kappa shape index (κ1) is 15.6. The summed E-state index contributed by atoms with van der Waals surface area (Å²) < 4.78 is 0. The van der Waals surface area contributed by atoms with Gasteiger partial charge in [-0.25, -0.2) is 0 Å². The second-order valence-electron chi connectivity index (χ2n) is 6.33. The minimum Gasteiger partial charge on any atom is -0.371 e. The molecular formula is C20H24N2O. The number of piperidine rings is 1. The molecule has 1 aliphatic heterocycles. The summed E-state index contributed by atoms with van der Waals surface area (Å²) in [5, 5.41) is 3.19. The number of benzene rings is 2. The van der Waals surface area contributed by atoms with Crippen LogP contribution in [0.1, 0.15) is 24.0 Å². The number of nitrogens with zero attached hydrogens (tertiary/aromatic N) is 1. The number of anilines is 1. The Labute approximate surface area is 138 Å². The number of aryl methyl sites for hydroxylation is 1. The van der Waals surface area contributed by atoms with Crippen LogP contribution in [0.4, 0.5) is 5.69 Å². The first-order valence-corrected chi connectivity index (χ1v) is 8.35. The van der Waals surface area contributed by atoms with Crippen LogP contribution in [0.15, 0.2) is 54.6 Å². The Morgan fingerprint density at radius 2 is 1.70 bits per heavy atom. The van der Waals surface area contributed by atoms with Crippen LogP contribution in [0.3, 0.4) is 0 Å². The zero-order valence-corrected chi connectivity index (χ0v) is 13.7. The second-order valence-corrected chi connectivity index (χ2v) is 6.33. The van der Waals surface area contributed by atoms with Gasteiger partial charge >= 0.3 is 0 Å². The third-order valence-electron chi connectivity index (χ3n) is 4.47. The second kappa shape index (κ2) is 7.32. The Balaban J connectivity index is 1.47. The summed E-state index contributed by atoms with van der Waals surface area (Å²) in [7, 11) is 0. The van der Waals surface area contributed by atoms with Crippen molar-refractivity contribution in [3.63, 3.8) is 0 Å². The Bertz CT molecular complexity index is 628. The molecule has 1 fully saturated rings. The summed E-state index contributed by atoms with van der Waals surface area (Å²) in [4.78, 5) is 14.6. The minimum atomic E-state index is 0.131. The third-order valence-corrected chi connectivity index (χ3v) is 4.47. The van der Waals surface area contributed by atoms with E-state index < -0.39 is 0 Å². The highest BCUT2D eigenvalue weighted by molar-refractivity contribution is 5.78. The van der Waals surface area contributed by atoms with Crippen LogP contribution in [0.5, 0.6) is 0 Å². The van der Waals surface area contributed by atoms with Crippen LogP contribution >= 0.6 is 0 Å². The van der Waals surface area contributed by atoms with E-state index in [1.165, 1.54) is 11.3 Å². The molecule has 0 saturated carbocycles. The number of hydrogen-bond acceptors (Lipinski definition) is 2. The van der Waals surface area contributed by atoms with Crippen LogP contribution in [0.2, 0.25) is 0 Å². The summed E-state index contributed by atoms with van der Waals surface area (Å²) in [6.07, 6.45) is 2.49. The van der Waals surface area contributed by atoms with Crippen molar-refractivity contribution in [3.05, 3.63) is 65.7 Å². The maximum Gasteiger partial charge on any atom is 0.224 e. The molecule has 3 rings (SSSR count). The molecule has 0 unspecified atom stereocenters. The molecule has 23 heavy (non-hydrogen) atoms. The van der Waals surface area contributed by atoms with Crippen molar-refractivity contribution in [2.24, 2.45) is 0 Å². The van der Waals surface area contributed by atoms with E-state index in [2.05, 4.69) is 53.5 Å². The molecule has 0 radical (unpaired) electrons. The fraction of sp³-hybridized carbons (Fsp3) is 0.350. The maximum absolute atomic E-state index is 12.2. The number of rotatable bonds is 4. The van der Waals surface area contributed by atoms with E-state index in [0.717, 1.165) is 31.5 Å². The zero-order chi connectivity index (χ0) is 16.1. The van der Waals surface area contributed by atoms with Gasteiger partial charge < -0.3 is 10.2 Å². The standard InChI is InChI=1S/C20H24N2O/c1-16-7-9-17(10-8-16)15-20(23)21-18-11-13-22(14-12-18)19-5-3-2-4-6-19/h2-10,18H,11-15H2,1H3,(H,21,23). The van der Waals surface area contributed by atoms with Gasteiger partial charge in [0.25, 0.3) is 0 Å². The van der Waals surface area contributed by atoms with Gasteiger partial charge in [-0.05, 0) is 37.5 Å². The lowest BCUT2D eigenvalue weighted by Gasteiger charge is -2.34. The highest BCUT2D eigenvalue weighted by Crippen LogP contribution is 2.19. The average Bonchev–Trinajstić information content (AvgIpc) is 2.58. The molecule has 1 amide bonds. The van der Waals surface area contributed by atoms with E-state index in [-0.39, 0.29) is 5.91 Å². The van der Waals surface area contributed by atoms with Crippen LogP contribution in [0, 0.1) is 6.92 Å². The fourth-order valence-corrected chi connectivity index (χ4v) is 3.09. The number of amides is 1. The molecule has 120 valence electrons. The molecule has 1 aliphatic rings. The molecule has 1 heterocycles. The van der Waals surface area contributed by atoms with Gasteiger partial charge in [-0.15, -0.1) is 0 Å². The molecule has 0 atom stereocenters. The fourth-order valence-electron chi connectivity index (χ4n) is 3.09. The number of carbonyl (C=O) groups excluding carboxylic acids is 1. The van der Waals surface area contributed by atoms with E-state index in [4.69, 9.17) is 0 Å². The molecule has 0 aromatic heterocycles. The van der Waals surface area contributed by atoms with Crippen molar-refractivity contribution in [1.29, 1.82) is 0 Å². The minimum absolute atomic E-state index is 0.131.